The predicted molar refractivity (Wildman–Crippen MR) is 124 cm³/mol. The molecule has 3 aromatic rings. The van der Waals surface area contributed by atoms with Crippen LogP contribution in [-0.2, 0) is 19.3 Å². The lowest BCUT2D eigenvalue weighted by Crippen LogP contribution is -2.30. The van der Waals surface area contributed by atoms with Crippen LogP contribution in [0.25, 0.3) is 0 Å². The lowest BCUT2D eigenvalue weighted by molar-refractivity contribution is 0.0925. The van der Waals surface area contributed by atoms with Crippen LogP contribution < -0.4 is 5.56 Å². The maximum absolute atomic E-state index is 13.4. The highest BCUT2D eigenvalue weighted by atomic mass is 79.9. The van der Waals surface area contributed by atoms with E-state index in [0.717, 1.165) is 12.0 Å². The third kappa shape index (κ3) is 4.61. The van der Waals surface area contributed by atoms with Crippen molar-refractivity contribution in [1.29, 1.82) is 0 Å². The van der Waals surface area contributed by atoms with Crippen LogP contribution in [0.4, 0.5) is 0 Å². The smallest absolute Gasteiger partial charge is 0.296 e. The number of sulfone groups is 1. The minimum Gasteiger partial charge on any atom is -0.493 e. The molecule has 1 fully saturated rings. The van der Waals surface area contributed by atoms with E-state index in [-0.39, 0.29) is 17.3 Å². The van der Waals surface area contributed by atoms with E-state index in [1.165, 1.54) is 23.8 Å². The fourth-order valence-corrected chi connectivity index (χ4v) is 5.57. The molecule has 1 aliphatic rings. The summed E-state index contributed by atoms with van der Waals surface area (Å²) in [6.07, 6.45) is 0.816. The van der Waals surface area contributed by atoms with Crippen molar-refractivity contribution in [2.24, 2.45) is 0 Å². The molecule has 2 unspecified atom stereocenters. The zero-order chi connectivity index (χ0) is 23.6. The van der Waals surface area contributed by atoms with Gasteiger partial charge in [-0.2, -0.15) is 4.98 Å². The molecule has 1 aliphatic heterocycles. The first-order valence-corrected chi connectivity index (χ1v) is 12.6. The third-order valence-electron chi connectivity index (χ3n) is 5.52. The first kappa shape index (κ1) is 23.6. The van der Waals surface area contributed by atoms with Crippen molar-refractivity contribution < 1.29 is 23.0 Å². The second-order valence-electron chi connectivity index (χ2n) is 7.64. The lowest BCUT2D eigenvalue weighted by atomic mass is 10.1. The molecule has 0 aliphatic carbocycles. The van der Waals surface area contributed by atoms with Crippen LogP contribution in [0.15, 0.2) is 73.7 Å². The Morgan fingerprint density at radius 3 is 2.52 bits per heavy atom. The van der Waals surface area contributed by atoms with E-state index in [9.17, 15) is 18.3 Å². The monoisotopic (exact) mass is 534 g/mol. The Morgan fingerprint density at radius 2 is 1.91 bits per heavy atom. The molecule has 2 aromatic carbocycles. The summed E-state index contributed by atoms with van der Waals surface area (Å²) in [6.45, 7) is 0.597. The fourth-order valence-electron chi connectivity index (χ4n) is 3.96. The maximum Gasteiger partial charge on any atom is 0.296 e. The van der Waals surface area contributed by atoms with Gasteiger partial charge in [0.2, 0.25) is 15.7 Å². The van der Waals surface area contributed by atoms with E-state index in [4.69, 9.17) is 9.47 Å². The summed E-state index contributed by atoms with van der Waals surface area (Å²) >= 11 is 3.27. The minimum atomic E-state index is -4.36. The summed E-state index contributed by atoms with van der Waals surface area (Å²) in [5.41, 5.74) is -0.271. The lowest BCUT2D eigenvalue weighted by Gasteiger charge is -2.27. The third-order valence-corrected chi connectivity index (χ3v) is 7.84. The van der Waals surface area contributed by atoms with E-state index in [1.807, 2.05) is 30.3 Å². The van der Waals surface area contributed by atoms with E-state index >= 15 is 0 Å². The van der Waals surface area contributed by atoms with Crippen LogP contribution in [0, 0.1) is 0 Å². The summed E-state index contributed by atoms with van der Waals surface area (Å²) < 4.78 is 40.0. The number of halogens is 1. The molecule has 2 heterocycles. The Hall–Kier alpha value is -2.53. The zero-order valence-electron chi connectivity index (χ0n) is 17.8. The van der Waals surface area contributed by atoms with E-state index in [1.54, 1.807) is 12.1 Å². The Kier molecular flexibility index (Phi) is 6.99. The fraction of sp³-hybridized carbons (Fsp3) is 0.304. The second-order valence-corrected chi connectivity index (χ2v) is 10.4. The molecule has 0 radical (unpaired) electrons. The van der Waals surface area contributed by atoms with Gasteiger partial charge < -0.3 is 14.6 Å². The standard InChI is InChI=1S/C23H23BrN2O6S/c1-31-14-18(15-6-3-2-4-7-15)26-21(19-8-5-13-32-19)25-22(27)20(23(26)28)33(29,30)17-11-9-16(24)10-12-17/h2-4,6-7,9-12,18-19,28H,5,8,13-14H2,1H3. The molecule has 0 bridgehead atoms. The molecule has 1 saturated heterocycles. The first-order chi connectivity index (χ1) is 15.8. The molecule has 174 valence electrons. The van der Waals surface area contributed by atoms with Gasteiger partial charge in [-0.15, -0.1) is 0 Å². The average Bonchev–Trinajstić information content (AvgIpc) is 3.33. The second kappa shape index (κ2) is 9.76. The molecule has 33 heavy (non-hydrogen) atoms. The van der Waals surface area contributed by atoms with E-state index < -0.39 is 38.3 Å². The van der Waals surface area contributed by atoms with Crippen molar-refractivity contribution in [2.45, 2.75) is 34.8 Å². The SMILES string of the molecule is COCC(c1ccccc1)n1c(C2CCCO2)nc(=O)c(S(=O)(=O)c2ccc(Br)cc2)c1O. The largest absolute Gasteiger partial charge is 0.493 e. The highest BCUT2D eigenvalue weighted by Gasteiger charge is 2.35. The maximum atomic E-state index is 13.4. The highest BCUT2D eigenvalue weighted by molar-refractivity contribution is 9.10. The van der Waals surface area contributed by atoms with Gasteiger partial charge in [-0.3, -0.25) is 9.36 Å². The molecule has 1 aromatic heterocycles. The Bertz CT molecular complexity index is 1290. The van der Waals surface area contributed by atoms with E-state index in [0.29, 0.717) is 17.5 Å². The molecule has 0 saturated carbocycles. The van der Waals surface area contributed by atoms with Crippen molar-refractivity contribution >= 4 is 25.8 Å². The number of ether oxygens (including phenoxy) is 2. The molecule has 1 N–H and O–H groups in total. The molecular formula is C23H23BrN2O6S. The van der Waals surface area contributed by atoms with Gasteiger partial charge in [0.15, 0.2) is 4.90 Å². The molecule has 0 spiro atoms. The summed E-state index contributed by atoms with van der Waals surface area (Å²) in [6, 6.07) is 14.4. The topological polar surface area (TPSA) is 108 Å². The van der Waals surface area contributed by atoms with Gasteiger partial charge in [-0.05, 0) is 42.7 Å². The number of rotatable bonds is 7. The summed E-state index contributed by atoms with van der Waals surface area (Å²) in [5, 5.41) is 11.3. The Balaban J connectivity index is 1.99. The summed E-state index contributed by atoms with van der Waals surface area (Å²) in [4.78, 5) is 16.2. The first-order valence-electron chi connectivity index (χ1n) is 10.4. The van der Waals surface area contributed by atoms with Gasteiger partial charge in [0.25, 0.3) is 5.56 Å². The Labute approximate surface area is 199 Å². The van der Waals surface area contributed by atoms with Gasteiger partial charge in [-0.25, -0.2) is 8.42 Å². The van der Waals surface area contributed by atoms with Gasteiger partial charge in [-0.1, -0.05) is 46.3 Å². The van der Waals surface area contributed by atoms with E-state index in [2.05, 4.69) is 20.9 Å². The van der Waals surface area contributed by atoms with Gasteiger partial charge >= 0.3 is 0 Å². The summed E-state index contributed by atoms with van der Waals surface area (Å²) in [5.74, 6) is -0.509. The van der Waals surface area contributed by atoms with Crippen molar-refractivity contribution in [1.82, 2.24) is 9.55 Å². The quantitative estimate of drug-likeness (QED) is 0.492. The normalized spacial score (nSPS) is 17.2. The number of nitrogens with zero attached hydrogens (tertiary/aromatic N) is 2. The number of aromatic hydroxyl groups is 1. The van der Waals surface area contributed by atoms with Gasteiger partial charge in [0.1, 0.15) is 11.9 Å². The van der Waals surface area contributed by atoms with Crippen molar-refractivity contribution in [3.8, 4) is 5.88 Å². The van der Waals surface area contributed by atoms with Crippen molar-refractivity contribution in [3.63, 3.8) is 0 Å². The van der Waals surface area contributed by atoms with Crippen LogP contribution in [0.1, 0.15) is 36.4 Å². The Morgan fingerprint density at radius 1 is 1.21 bits per heavy atom. The van der Waals surface area contributed by atoms with Crippen molar-refractivity contribution in [3.05, 3.63) is 80.8 Å². The predicted octanol–water partition coefficient (Wildman–Crippen LogP) is 3.63. The summed E-state index contributed by atoms with van der Waals surface area (Å²) in [7, 11) is -2.85. The van der Waals surface area contributed by atoms with Gasteiger partial charge in [0, 0.05) is 18.2 Å². The van der Waals surface area contributed by atoms with Gasteiger partial charge in [0.05, 0.1) is 17.5 Å². The number of benzene rings is 2. The molecule has 8 nitrogen and oxygen atoms in total. The van der Waals surface area contributed by atoms with Crippen LogP contribution in [-0.4, -0.2) is 43.4 Å². The molecule has 2 atom stereocenters. The average molecular weight is 535 g/mol. The van der Waals surface area contributed by atoms with Crippen LogP contribution >= 0.6 is 15.9 Å². The number of hydrogen-bond donors (Lipinski definition) is 1. The zero-order valence-corrected chi connectivity index (χ0v) is 20.3. The molecular weight excluding hydrogens is 512 g/mol. The minimum absolute atomic E-state index is 0.111. The molecule has 0 amide bonds. The molecule has 4 rings (SSSR count). The van der Waals surface area contributed by atoms with Crippen molar-refractivity contribution in [2.75, 3.05) is 20.3 Å². The number of aromatic nitrogens is 2. The van der Waals surface area contributed by atoms with Crippen LogP contribution in [0.5, 0.6) is 5.88 Å². The van der Waals surface area contributed by atoms with Crippen LogP contribution in [0.2, 0.25) is 0 Å². The highest BCUT2D eigenvalue weighted by Crippen LogP contribution is 2.36. The van der Waals surface area contributed by atoms with Crippen LogP contribution in [0.3, 0.4) is 0 Å². The number of hydrogen-bond acceptors (Lipinski definition) is 7. The number of methoxy groups -OCH3 is 1. The molecule has 10 heteroatoms.